The van der Waals surface area contributed by atoms with Crippen molar-refractivity contribution in [1.82, 2.24) is 30.2 Å². The Kier molecular flexibility index (Phi) is 15.7. The minimum atomic E-state index is -5.55. The van der Waals surface area contributed by atoms with E-state index in [1.54, 1.807) is 11.8 Å². The lowest BCUT2D eigenvalue weighted by Crippen LogP contribution is -2.46. The molecular formula is C26H44N7O16P3S. The Labute approximate surface area is 307 Å². The van der Waals surface area contributed by atoms with E-state index < -0.39 is 78.6 Å². The van der Waals surface area contributed by atoms with E-state index in [4.69, 9.17) is 19.5 Å². The second-order valence-corrected chi connectivity index (χ2v) is 18.0. The van der Waals surface area contributed by atoms with Gasteiger partial charge >= 0.3 is 23.5 Å². The van der Waals surface area contributed by atoms with Crippen LogP contribution in [0.5, 0.6) is 0 Å². The normalized spacial score (nSPS) is 22.2. The van der Waals surface area contributed by atoms with Crippen LogP contribution in [0.2, 0.25) is 0 Å². The third kappa shape index (κ3) is 13.4. The molecule has 3 heterocycles. The number of rotatable bonds is 20. The van der Waals surface area contributed by atoms with Gasteiger partial charge in [-0.3, -0.25) is 27.7 Å². The number of nitrogens with one attached hydrogen (secondary N) is 2. The van der Waals surface area contributed by atoms with Gasteiger partial charge in [0.1, 0.15) is 36.3 Å². The van der Waals surface area contributed by atoms with Crippen LogP contribution in [0.4, 0.5) is 5.82 Å². The molecule has 1 saturated heterocycles. The third-order valence-electron chi connectivity index (χ3n) is 7.52. The predicted molar refractivity (Wildman–Crippen MR) is 186 cm³/mol. The topological polar surface area (TPSA) is 347 Å². The van der Waals surface area contributed by atoms with Gasteiger partial charge in [0.15, 0.2) is 17.7 Å². The Morgan fingerprint density at radius 2 is 1.72 bits per heavy atom. The van der Waals surface area contributed by atoms with Gasteiger partial charge < -0.3 is 50.9 Å². The summed E-state index contributed by atoms with van der Waals surface area (Å²) in [6.07, 6.45) is -6.73. The van der Waals surface area contributed by atoms with Gasteiger partial charge in [-0.15, -0.1) is 11.8 Å². The molecule has 0 spiro atoms. The van der Waals surface area contributed by atoms with Crippen LogP contribution < -0.4 is 16.4 Å². The highest BCUT2D eigenvalue weighted by atomic mass is 32.2. The molecule has 53 heavy (non-hydrogen) atoms. The Morgan fingerprint density at radius 1 is 1.06 bits per heavy atom. The Morgan fingerprint density at radius 3 is 2.36 bits per heavy atom. The molecule has 7 atom stereocenters. The standard InChI is InChI=1S/C26H44N7O16P3S/c1-14(2)15(3)53-9-8-28-17(34)6-7-29-24(37)21(36)26(4,5)11-46-52(43,44)49-51(41,42)45-10-16-20(48-50(38,39)40)19(35)25(47-16)33-13-32-18-22(27)30-12-31-23(18)33/h12-13,16,19-21,25,35-36H,6-11H2,1-5H3,(H,28,34)(H,29,37)(H,41,42)(H,43,44)(H2,27,30,31)(H2,38,39,40)/t16-,19-,20-,21+,25-/m1/s1. The summed E-state index contributed by atoms with van der Waals surface area (Å²) >= 11 is 1.60. The predicted octanol–water partition coefficient (Wildman–Crippen LogP) is 0.452. The van der Waals surface area contributed by atoms with Gasteiger partial charge in [0.2, 0.25) is 11.8 Å². The van der Waals surface area contributed by atoms with Crippen molar-refractivity contribution in [3.8, 4) is 0 Å². The quantitative estimate of drug-likeness (QED) is 0.0646. The maximum atomic E-state index is 12.7. The zero-order chi connectivity index (χ0) is 39.9. The van der Waals surface area contributed by atoms with Crippen molar-refractivity contribution < 1.29 is 75.7 Å². The number of anilines is 1. The summed E-state index contributed by atoms with van der Waals surface area (Å²) < 4.78 is 62.1. The molecule has 0 aromatic carbocycles. The van der Waals surface area contributed by atoms with Crippen LogP contribution in [0, 0.1) is 5.41 Å². The molecule has 0 bridgehead atoms. The number of imidazole rings is 1. The molecule has 1 aliphatic heterocycles. The van der Waals surface area contributed by atoms with Gasteiger partial charge in [-0.2, -0.15) is 4.31 Å². The number of phosphoric acid groups is 3. The summed E-state index contributed by atoms with van der Waals surface area (Å²) in [5.41, 5.74) is 5.48. The van der Waals surface area contributed by atoms with Crippen molar-refractivity contribution in [2.24, 2.45) is 5.41 Å². The lowest BCUT2D eigenvalue weighted by atomic mass is 9.87. The number of phosphoric ester groups is 3. The molecule has 0 aliphatic carbocycles. The molecule has 1 fully saturated rings. The molecule has 23 nitrogen and oxygen atoms in total. The van der Waals surface area contributed by atoms with Crippen molar-refractivity contribution in [3.05, 3.63) is 23.1 Å². The van der Waals surface area contributed by atoms with Crippen molar-refractivity contribution in [2.45, 2.75) is 71.7 Å². The molecule has 10 N–H and O–H groups in total. The van der Waals surface area contributed by atoms with Gasteiger partial charge in [0.05, 0.1) is 19.5 Å². The van der Waals surface area contributed by atoms with Crippen LogP contribution in [-0.2, 0) is 45.9 Å². The molecule has 300 valence electrons. The largest absolute Gasteiger partial charge is 0.481 e. The van der Waals surface area contributed by atoms with E-state index in [-0.39, 0.29) is 35.9 Å². The minimum Gasteiger partial charge on any atom is -0.386 e. The number of carbonyl (C=O) groups is 2. The number of nitrogens with two attached hydrogens (primary N) is 1. The zero-order valence-electron chi connectivity index (χ0n) is 29.2. The number of aromatic nitrogens is 4. The van der Waals surface area contributed by atoms with Gasteiger partial charge in [-0.05, 0) is 25.7 Å². The fraction of sp³-hybridized carbons (Fsp3) is 0.654. The number of hydrogen-bond donors (Lipinski definition) is 9. The van der Waals surface area contributed by atoms with E-state index in [1.165, 1.54) is 19.4 Å². The number of amides is 2. The monoisotopic (exact) mass is 835 g/mol. The number of nitrogens with zero attached hydrogens (tertiary/aromatic N) is 4. The first-order valence-electron chi connectivity index (χ1n) is 15.6. The molecule has 27 heteroatoms. The van der Waals surface area contributed by atoms with E-state index in [2.05, 4.69) is 34.4 Å². The van der Waals surface area contributed by atoms with Crippen molar-refractivity contribution >= 4 is 64.0 Å². The summed E-state index contributed by atoms with van der Waals surface area (Å²) in [6.45, 7) is 6.79. The highest BCUT2D eigenvalue weighted by molar-refractivity contribution is 8.03. The van der Waals surface area contributed by atoms with Crippen LogP contribution in [0.25, 0.3) is 11.2 Å². The van der Waals surface area contributed by atoms with E-state index in [1.807, 2.05) is 20.8 Å². The van der Waals surface area contributed by atoms with Gasteiger partial charge in [0.25, 0.3) is 0 Å². The van der Waals surface area contributed by atoms with Crippen molar-refractivity contribution in [2.75, 3.05) is 37.8 Å². The molecule has 2 amide bonds. The number of carbonyl (C=O) groups excluding carboxylic acids is 2. The molecular weight excluding hydrogens is 791 g/mol. The number of hydrogen-bond acceptors (Lipinski definition) is 17. The number of ether oxygens (including phenoxy) is 1. The molecule has 2 unspecified atom stereocenters. The van der Waals surface area contributed by atoms with Gasteiger partial charge in [0, 0.05) is 30.7 Å². The summed E-state index contributed by atoms with van der Waals surface area (Å²) in [7, 11) is -16.3. The molecule has 3 rings (SSSR count). The third-order valence-corrected chi connectivity index (χ3v) is 11.9. The first kappa shape index (κ1) is 45.0. The molecule has 1 aliphatic rings. The van der Waals surface area contributed by atoms with E-state index in [0.29, 0.717) is 12.3 Å². The van der Waals surface area contributed by atoms with E-state index in [0.717, 1.165) is 22.1 Å². The Bertz CT molecular complexity index is 1790. The van der Waals surface area contributed by atoms with Crippen LogP contribution in [0.3, 0.4) is 0 Å². The maximum absolute atomic E-state index is 12.7. The number of fused-ring (bicyclic) bond motifs is 1. The lowest BCUT2D eigenvalue weighted by Gasteiger charge is -2.30. The summed E-state index contributed by atoms with van der Waals surface area (Å²) in [5.74, 6) is -0.647. The number of aliphatic hydroxyl groups excluding tert-OH is 2. The Hall–Kier alpha value is -2.37. The van der Waals surface area contributed by atoms with Crippen LogP contribution >= 0.6 is 35.2 Å². The molecule has 0 saturated carbocycles. The van der Waals surface area contributed by atoms with E-state index >= 15 is 0 Å². The number of aliphatic hydroxyl groups is 2. The smallest absolute Gasteiger partial charge is 0.386 e. The lowest BCUT2D eigenvalue weighted by molar-refractivity contribution is -0.137. The SMILES string of the molecule is CC(C)=C(C)SCCNC(=O)CCNC(=O)[C@H](O)C(C)(C)COP(=O)(O)OP(=O)(O)OC[C@H]1O[C@@H](n2cnc3c(N)ncnc32)[C@H](O)[C@@H]1OP(=O)(O)O. The fourth-order valence-electron chi connectivity index (χ4n) is 4.48. The van der Waals surface area contributed by atoms with Gasteiger partial charge in [-0.1, -0.05) is 19.4 Å². The average Bonchev–Trinajstić information content (AvgIpc) is 3.60. The van der Waals surface area contributed by atoms with Crippen LogP contribution in [0.15, 0.2) is 23.1 Å². The van der Waals surface area contributed by atoms with E-state index in [9.17, 15) is 53.1 Å². The van der Waals surface area contributed by atoms with Crippen LogP contribution in [0.1, 0.15) is 47.3 Å². The van der Waals surface area contributed by atoms with Crippen molar-refractivity contribution in [3.63, 3.8) is 0 Å². The van der Waals surface area contributed by atoms with Crippen molar-refractivity contribution in [1.29, 1.82) is 0 Å². The number of nitrogen functional groups attached to an aromatic ring is 1. The second-order valence-electron chi connectivity index (χ2n) is 12.5. The summed E-state index contributed by atoms with van der Waals surface area (Å²) in [6, 6.07) is 0. The first-order chi connectivity index (χ1) is 24.4. The minimum absolute atomic E-state index is 0.0354. The number of allylic oxidation sites excluding steroid dienone is 2. The number of thioether (sulfide) groups is 1. The maximum Gasteiger partial charge on any atom is 0.481 e. The highest BCUT2D eigenvalue weighted by Crippen LogP contribution is 2.61. The van der Waals surface area contributed by atoms with Gasteiger partial charge in [-0.25, -0.2) is 28.6 Å². The molecule has 2 aromatic rings. The fourth-order valence-corrected chi connectivity index (χ4v) is 8.11. The molecule has 0 radical (unpaired) electrons. The molecule has 2 aromatic heterocycles. The zero-order valence-corrected chi connectivity index (χ0v) is 32.7. The first-order valence-corrected chi connectivity index (χ1v) is 21.1. The average molecular weight is 836 g/mol. The Balaban J connectivity index is 1.53. The summed E-state index contributed by atoms with van der Waals surface area (Å²) in [5, 5.41) is 26.5. The highest BCUT2D eigenvalue weighted by Gasteiger charge is 2.50. The second kappa shape index (κ2) is 18.5. The summed E-state index contributed by atoms with van der Waals surface area (Å²) in [4.78, 5) is 76.6. The van der Waals surface area contributed by atoms with Crippen LogP contribution in [-0.4, -0.2) is 118 Å².